The number of imide groups is 1. The molecule has 1 aromatic rings. The molecule has 0 radical (unpaired) electrons. The predicted molar refractivity (Wildman–Crippen MR) is 50.6 cm³/mol. The van der Waals surface area contributed by atoms with E-state index in [0.717, 1.165) is 5.56 Å². The molecule has 70 valence electrons. The van der Waals surface area contributed by atoms with Crippen molar-refractivity contribution in [3.63, 3.8) is 0 Å². The lowest BCUT2D eigenvalue weighted by Crippen LogP contribution is -2.38. The fourth-order valence-electron chi connectivity index (χ4n) is 0.812. The average molecular weight is 198 g/mol. The highest BCUT2D eigenvalue weighted by Gasteiger charge is 2.06. The van der Waals surface area contributed by atoms with Gasteiger partial charge in [-0.05, 0) is 22.4 Å². The van der Waals surface area contributed by atoms with Crippen LogP contribution in [0, 0.1) is 0 Å². The summed E-state index contributed by atoms with van der Waals surface area (Å²) in [5.41, 5.74) is 0.923. The minimum atomic E-state index is -0.472. The Morgan fingerprint density at radius 1 is 1.54 bits per heavy atom. The third kappa shape index (κ3) is 3.25. The Morgan fingerprint density at radius 2 is 2.31 bits per heavy atom. The van der Waals surface area contributed by atoms with E-state index in [1.54, 1.807) is 0 Å². The van der Waals surface area contributed by atoms with Crippen molar-refractivity contribution in [2.24, 2.45) is 0 Å². The molecule has 0 aromatic carbocycles. The van der Waals surface area contributed by atoms with Crippen molar-refractivity contribution in [2.45, 2.75) is 6.42 Å². The van der Waals surface area contributed by atoms with Gasteiger partial charge in [0.05, 0.1) is 6.42 Å². The van der Waals surface area contributed by atoms with Crippen LogP contribution >= 0.6 is 11.3 Å². The van der Waals surface area contributed by atoms with Crippen LogP contribution in [0.1, 0.15) is 5.56 Å². The summed E-state index contributed by atoms with van der Waals surface area (Å²) in [7, 11) is 1.47. The summed E-state index contributed by atoms with van der Waals surface area (Å²) in [6, 6.07) is 1.38. The van der Waals surface area contributed by atoms with Gasteiger partial charge in [-0.1, -0.05) is 0 Å². The molecule has 0 saturated heterocycles. The summed E-state index contributed by atoms with van der Waals surface area (Å²) in [4.78, 5) is 21.8. The van der Waals surface area contributed by atoms with Crippen molar-refractivity contribution in [1.82, 2.24) is 10.6 Å². The van der Waals surface area contributed by atoms with Crippen LogP contribution in [0.15, 0.2) is 16.8 Å². The Morgan fingerprint density at radius 3 is 2.85 bits per heavy atom. The maximum atomic E-state index is 11.1. The topological polar surface area (TPSA) is 58.2 Å². The van der Waals surface area contributed by atoms with Crippen molar-refractivity contribution < 1.29 is 9.59 Å². The van der Waals surface area contributed by atoms with Crippen LogP contribution in [0.5, 0.6) is 0 Å². The van der Waals surface area contributed by atoms with Crippen molar-refractivity contribution in [1.29, 1.82) is 0 Å². The summed E-state index contributed by atoms with van der Waals surface area (Å²) in [5.74, 6) is -0.294. The Balaban J connectivity index is 2.38. The maximum absolute atomic E-state index is 11.1. The minimum Gasteiger partial charge on any atom is -0.341 e. The highest BCUT2D eigenvalue weighted by atomic mass is 32.1. The Bertz CT molecular complexity index is 295. The van der Waals surface area contributed by atoms with E-state index in [1.807, 2.05) is 16.8 Å². The predicted octanol–water partition coefficient (Wildman–Crippen LogP) is 0.746. The average Bonchev–Trinajstić information content (AvgIpc) is 2.56. The van der Waals surface area contributed by atoms with E-state index in [-0.39, 0.29) is 12.3 Å². The van der Waals surface area contributed by atoms with Crippen LogP contribution in [-0.4, -0.2) is 19.0 Å². The molecule has 0 spiro atoms. The molecule has 13 heavy (non-hydrogen) atoms. The summed E-state index contributed by atoms with van der Waals surface area (Å²) in [5, 5.41) is 8.26. The number of rotatable bonds is 2. The number of hydrogen-bond donors (Lipinski definition) is 2. The summed E-state index contributed by atoms with van der Waals surface area (Å²) < 4.78 is 0. The number of carbonyl (C=O) groups excluding carboxylic acids is 2. The van der Waals surface area contributed by atoms with Gasteiger partial charge in [0.2, 0.25) is 5.91 Å². The fraction of sp³-hybridized carbons (Fsp3) is 0.250. The first-order valence-corrected chi connectivity index (χ1v) is 4.69. The standard InChI is InChI=1S/C8H10N2O2S/c1-9-8(12)10-7(11)4-6-2-3-13-5-6/h2-3,5H,4H2,1H3,(H2,9,10,11,12). The SMILES string of the molecule is CNC(=O)NC(=O)Cc1ccsc1. The lowest BCUT2D eigenvalue weighted by Gasteiger charge is -2.00. The number of nitrogens with one attached hydrogen (secondary N) is 2. The molecule has 1 rings (SSSR count). The first-order valence-electron chi connectivity index (χ1n) is 3.75. The van der Waals surface area contributed by atoms with E-state index >= 15 is 0 Å². The molecule has 2 N–H and O–H groups in total. The van der Waals surface area contributed by atoms with Crippen molar-refractivity contribution in [2.75, 3.05) is 7.05 Å². The van der Waals surface area contributed by atoms with Crippen molar-refractivity contribution in [3.05, 3.63) is 22.4 Å². The van der Waals surface area contributed by atoms with Crippen LogP contribution in [0.4, 0.5) is 4.79 Å². The van der Waals surface area contributed by atoms with Crippen LogP contribution in [0.2, 0.25) is 0 Å². The molecule has 0 aliphatic rings. The first kappa shape index (κ1) is 9.73. The molecule has 1 heterocycles. The van der Waals surface area contributed by atoms with Gasteiger partial charge in [0, 0.05) is 7.05 Å². The van der Waals surface area contributed by atoms with Gasteiger partial charge in [-0.3, -0.25) is 10.1 Å². The Labute approximate surface area is 80.0 Å². The summed E-state index contributed by atoms with van der Waals surface area (Å²) in [6.45, 7) is 0. The van der Waals surface area contributed by atoms with E-state index in [4.69, 9.17) is 0 Å². The smallest absolute Gasteiger partial charge is 0.321 e. The van der Waals surface area contributed by atoms with Gasteiger partial charge < -0.3 is 5.32 Å². The molecule has 0 bridgehead atoms. The Kier molecular flexibility index (Phi) is 3.45. The van der Waals surface area contributed by atoms with Gasteiger partial charge in [-0.2, -0.15) is 11.3 Å². The second kappa shape index (κ2) is 4.61. The van der Waals surface area contributed by atoms with Crippen molar-refractivity contribution in [3.8, 4) is 0 Å². The van der Waals surface area contributed by atoms with Gasteiger partial charge in [0.1, 0.15) is 0 Å². The van der Waals surface area contributed by atoms with E-state index < -0.39 is 6.03 Å². The number of urea groups is 1. The molecule has 0 fully saturated rings. The minimum absolute atomic E-state index is 0.247. The van der Waals surface area contributed by atoms with E-state index in [1.165, 1.54) is 18.4 Å². The monoisotopic (exact) mass is 198 g/mol. The molecule has 0 saturated carbocycles. The molecular weight excluding hydrogens is 188 g/mol. The Hall–Kier alpha value is -1.36. The van der Waals surface area contributed by atoms with Gasteiger partial charge in [-0.25, -0.2) is 4.79 Å². The van der Waals surface area contributed by atoms with Crippen molar-refractivity contribution >= 4 is 23.3 Å². The zero-order valence-electron chi connectivity index (χ0n) is 7.16. The quantitative estimate of drug-likeness (QED) is 0.736. The summed E-state index contributed by atoms with van der Waals surface area (Å²) in [6.07, 6.45) is 0.247. The molecule has 5 heteroatoms. The van der Waals surface area contributed by atoms with Crippen LogP contribution in [-0.2, 0) is 11.2 Å². The number of hydrogen-bond acceptors (Lipinski definition) is 3. The molecule has 0 aliphatic heterocycles. The van der Waals surface area contributed by atoms with Gasteiger partial charge in [0.25, 0.3) is 0 Å². The molecule has 0 aliphatic carbocycles. The van der Waals surface area contributed by atoms with Gasteiger partial charge in [-0.15, -0.1) is 0 Å². The summed E-state index contributed by atoms with van der Waals surface area (Å²) >= 11 is 1.53. The zero-order valence-corrected chi connectivity index (χ0v) is 7.98. The first-order chi connectivity index (χ1) is 6.22. The van der Waals surface area contributed by atoms with Crippen LogP contribution < -0.4 is 10.6 Å². The second-order valence-corrected chi connectivity index (χ2v) is 3.22. The molecule has 1 aromatic heterocycles. The zero-order chi connectivity index (χ0) is 9.68. The van der Waals surface area contributed by atoms with Gasteiger partial charge in [0.15, 0.2) is 0 Å². The van der Waals surface area contributed by atoms with E-state index in [2.05, 4.69) is 10.6 Å². The fourth-order valence-corrected chi connectivity index (χ4v) is 1.48. The second-order valence-electron chi connectivity index (χ2n) is 2.44. The lowest BCUT2D eigenvalue weighted by atomic mass is 10.2. The molecular formula is C8H10N2O2S. The number of thiophene rings is 1. The highest BCUT2D eigenvalue weighted by Crippen LogP contribution is 2.05. The molecule has 4 nitrogen and oxygen atoms in total. The van der Waals surface area contributed by atoms with Crippen LogP contribution in [0.25, 0.3) is 0 Å². The van der Waals surface area contributed by atoms with E-state index in [9.17, 15) is 9.59 Å². The maximum Gasteiger partial charge on any atom is 0.321 e. The van der Waals surface area contributed by atoms with Gasteiger partial charge >= 0.3 is 6.03 Å². The van der Waals surface area contributed by atoms with Crippen LogP contribution in [0.3, 0.4) is 0 Å². The molecule has 0 unspecified atom stereocenters. The lowest BCUT2D eigenvalue weighted by molar-refractivity contribution is -0.119. The third-order valence-electron chi connectivity index (χ3n) is 1.42. The number of amides is 3. The molecule has 0 atom stereocenters. The normalized spacial score (nSPS) is 9.31. The molecule has 3 amide bonds. The van der Waals surface area contributed by atoms with E-state index in [0.29, 0.717) is 0 Å². The largest absolute Gasteiger partial charge is 0.341 e. The number of carbonyl (C=O) groups is 2. The highest BCUT2D eigenvalue weighted by molar-refractivity contribution is 7.07. The third-order valence-corrected chi connectivity index (χ3v) is 2.16.